The average molecular weight is 511 g/mol. The number of hydrogen-bond acceptors (Lipinski definition) is 7. The van der Waals surface area contributed by atoms with Crippen molar-refractivity contribution in [3.8, 4) is 28.6 Å². The molecule has 4 aromatic rings. The first-order valence-corrected chi connectivity index (χ1v) is 12.8. The van der Waals surface area contributed by atoms with Crippen molar-refractivity contribution in [2.24, 2.45) is 0 Å². The molecule has 2 aromatic heterocycles. The summed E-state index contributed by atoms with van der Waals surface area (Å²) in [5.74, 6) is 2.22. The average Bonchev–Trinajstić information content (AvgIpc) is 2.95. The van der Waals surface area contributed by atoms with Crippen LogP contribution in [-0.4, -0.2) is 43.4 Å². The molecule has 2 aliphatic rings. The van der Waals surface area contributed by atoms with Gasteiger partial charge < -0.3 is 29.4 Å². The summed E-state index contributed by atoms with van der Waals surface area (Å²) in [4.78, 5) is 22.1. The molecule has 8 heteroatoms. The van der Waals surface area contributed by atoms with Crippen molar-refractivity contribution >= 4 is 11.4 Å². The maximum Gasteiger partial charge on any atom is 0.250 e. The highest BCUT2D eigenvalue weighted by molar-refractivity contribution is 5.75. The van der Waals surface area contributed by atoms with E-state index in [1.165, 1.54) is 0 Å². The molecule has 8 nitrogen and oxygen atoms in total. The Hall–Kier alpha value is -4.30. The number of aromatic nitrogens is 2. The molecule has 6 rings (SSSR count). The van der Waals surface area contributed by atoms with Crippen molar-refractivity contribution in [3.63, 3.8) is 0 Å². The van der Waals surface area contributed by atoms with E-state index < -0.39 is 0 Å². The van der Waals surface area contributed by atoms with E-state index in [0.717, 1.165) is 75.9 Å². The zero-order valence-electron chi connectivity index (χ0n) is 21.5. The predicted octanol–water partition coefficient (Wildman–Crippen LogP) is 4.90. The highest BCUT2D eigenvalue weighted by atomic mass is 16.5. The van der Waals surface area contributed by atoms with E-state index in [-0.39, 0.29) is 5.56 Å². The molecule has 0 amide bonds. The summed E-state index contributed by atoms with van der Waals surface area (Å²) in [5, 5.41) is 3.48. The Balaban J connectivity index is 1.27. The Morgan fingerprint density at radius 2 is 1.92 bits per heavy atom. The van der Waals surface area contributed by atoms with Crippen LogP contribution >= 0.6 is 0 Å². The van der Waals surface area contributed by atoms with Crippen LogP contribution in [0.3, 0.4) is 0 Å². The van der Waals surface area contributed by atoms with Gasteiger partial charge in [0.05, 0.1) is 26.0 Å². The summed E-state index contributed by atoms with van der Waals surface area (Å²) >= 11 is 0. The van der Waals surface area contributed by atoms with Gasteiger partial charge in [0.15, 0.2) is 0 Å². The number of aryl methyl sites for hydroxylation is 1. The van der Waals surface area contributed by atoms with Gasteiger partial charge in [0.1, 0.15) is 11.5 Å². The molecule has 2 N–H and O–H groups in total. The minimum absolute atomic E-state index is 0.127. The Bertz CT molecular complexity index is 1520. The fourth-order valence-corrected chi connectivity index (χ4v) is 5.06. The first-order valence-electron chi connectivity index (χ1n) is 12.8. The SMILES string of the molecule is COc1ccc(CNc2ccc3c(c2)Cc2cc(C)cc(-c4cc(N5CCOCC5)cc(=O)[nH]4)c2O3)cn1. The zero-order valence-corrected chi connectivity index (χ0v) is 21.5. The summed E-state index contributed by atoms with van der Waals surface area (Å²) in [6.45, 7) is 5.59. The van der Waals surface area contributed by atoms with Crippen LogP contribution < -0.4 is 25.2 Å². The number of pyridine rings is 2. The molecular weight excluding hydrogens is 480 g/mol. The molecule has 0 aliphatic carbocycles. The van der Waals surface area contributed by atoms with Gasteiger partial charge in [-0.3, -0.25) is 4.79 Å². The van der Waals surface area contributed by atoms with Gasteiger partial charge in [-0.25, -0.2) is 4.98 Å². The molecule has 194 valence electrons. The first kappa shape index (κ1) is 24.1. The summed E-state index contributed by atoms with van der Waals surface area (Å²) < 4.78 is 17.1. The van der Waals surface area contributed by atoms with Crippen molar-refractivity contribution < 1.29 is 14.2 Å². The Morgan fingerprint density at radius 1 is 1.05 bits per heavy atom. The third-order valence-corrected chi connectivity index (χ3v) is 6.96. The van der Waals surface area contributed by atoms with Crippen LogP contribution in [0.2, 0.25) is 0 Å². The van der Waals surface area contributed by atoms with E-state index in [4.69, 9.17) is 14.2 Å². The highest BCUT2D eigenvalue weighted by Crippen LogP contribution is 2.44. The quantitative estimate of drug-likeness (QED) is 0.336. The van der Waals surface area contributed by atoms with Crippen molar-refractivity contribution in [1.82, 2.24) is 9.97 Å². The molecule has 38 heavy (non-hydrogen) atoms. The Labute approximate surface area is 221 Å². The number of aromatic amines is 1. The topological polar surface area (TPSA) is 88.7 Å². The lowest BCUT2D eigenvalue weighted by Gasteiger charge is -2.29. The lowest BCUT2D eigenvalue weighted by Crippen LogP contribution is -2.36. The Morgan fingerprint density at radius 3 is 2.71 bits per heavy atom. The standard InChI is InChI=1S/C30H30N4O4/c1-19-11-22-13-21-14-23(31-17-20-3-6-29(36-2)32-18-20)4-5-27(21)38-30(22)25(12-19)26-15-24(16-28(35)33-26)34-7-9-37-10-8-34/h3-6,11-12,14-16,18,31H,7-10,13,17H2,1-2H3,(H,33,35). The third-order valence-electron chi connectivity index (χ3n) is 6.96. The molecule has 0 saturated carbocycles. The molecule has 1 fully saturated rings. The van der Waals surface area contributed by atoms with Crippen LogP contribution in [0.5, 0.6) is 17.4 Å². The number of anilines is 2. The second-order valence-electron chi connectivity index (χ2n) is 9.68. The number of H-pyrrole nitrogens is 1. The van der Waals surface area contributed by atoms with E-state index in [9.17, 15) is 4.79 Å². The van der Waals surface area contributed by atoms with E-state index in [0.29, 0.717) is 25.6 Å². The minimum atomic E-state index is -0.127. The van der Waals surface area contributed by atoms with Gasteiger partial charge in [-0.05, 0) is 48.4 Å². The lowest BCUT2D eigenvalue weighted by molar-refractivity contribution is 0.122. The number of fused-ring (bicyclic) bond motifs is 2. The van der Waals surface area contributed by atoms with Gasteiger partial charge in [-0.1, -0.05) is 12.1 Å². The van der Waals surface area contributed by atoms with Crippen LogP contribution in [0.25, 0.3) is 11.3 Å². The van der Waals surface area contributed by atoms with E-state index in [2.05, 4.69) is 45.3 Å². The number of nitrogens with zero attached hydrogens (tertiary/aromatic N) is 2. The van der Waals surface area contributed by atoms with E-state index in [1.54, 1.807) is 13.2 Å². The number of hydrogen-bond donors (Lipinski definition) is 2. The number of ether oxygens (including phenoxy) is 3. The molecule has 0 unspecified atom stereocenters. The number of benzene rings is 2. The molecule has 0 bridgehead atoms. The number of rotatable bonds is 6. The number of methoxy groups -OCH3 is 1. The van der Waals surface area contributed by atoms with Crippen LogP contribution in [0, 0.1) is 6.92 Å². The number of morpholine rings is 1. The summed E-state index contributed by atoms with van der Waals surface area (Å²) in [5.41, 5.74) is 7.84. The maximum absolute atomic E-state index is 12.6. The molecule has 0 atom stereocenters. The molecule has 2 aromatic carbocycles. The minimum Gasteiger partial charge on any atom is -0.481 e. The third kappa shape index (κ3) is 4.95. The van der Waals surface area contributed by atoms with Crippen molar-refractivity contribution in [3.05, 3.63) is 93.4 Å². The van der Waals surface area contributed by atoms with Gasteiger partial charge in [-0.2, -0.15) is 0 Å². The summed E-state index contributed by atoms with van der Waals surface area (Å²) in [6, 6.07) is 18.0. The van der Waals surface area contributed by atoms with Gasteiger partial charge in [0, 0.05) is 72.4 Å². The summed E-state index contributed by atoms with van der Waals surface area (Å²) in [6.07, 6.45) is 2.55. The van der Waals surface area contributed by atoms with Crippen LogP contribution in [0.1, 0.15) is 22.3 Å². The van der Waals surface area contributed by atoms with Crippen LogP contribution in [-0.2, 0) is 17.7 Å². The van der Waals surface area contributed by atoms with Crippen molar-refractivity contribution in [2.75, 3.05) is 43.6 Å². The van der Waals surface area contributed by atoms with Crippen LogP contribution in [0.15, 0.2) is 65.6 Å². The zero-order chi connectivity index (χ0) is 26.1. The van der Waals surface area contributed by atoms with Crippen molar-refractivity contribution in [1.29, 1.82) is 0 Å². The Kier molecular flexibility index (Phi) is 6.47. The van der Waals surface area contributed by atoms with Crippen molar-refractivity contribution in [2.45, 2.75) is 19.9 Å². The fraction of sp³-hybridized carbons (Fsp3) is 0.267. The molecule has 2 aliphatic heterocycles. The molecule has 4 heterocycles. The summed E-state index contributed by atoms with van der Waals surface area (Å²) in [7, 11) is 1.61. The number of nitrogens with one attached hydrogen (secondary N) is 2. The van der Waals surface area contributed by atoms with Gasteiger partial charge in [0.25, 0.3) is 0 Å². The highest BCUT2D eigenvalue weighted by Gasteiger charge is 2.23. The fourth-order valence-electron chi connectivity index (χ4n) is 5.06. The normalized spacial score (nSPS) is 14.3. The van der Waals surface area contributed by atoms with E-state index >= 15 is 0 Å². The lowest BCUT2D eigenvalue weighted by atomic mass is 9.94. The monoisotopic (exact) mass is 510 g/mol. The second kappa shape index (κ2) is 10.2. The largest absolute Gasteiger partial charge is 0.481 e. The first-order chi connectivity index (χ1) is 18.6. The molecule has 1 saturated heterocycles. The molecular formula is C30H30N4O4. The van der Waals surface area contributed by atoms with Gasteiger partial charge >= 0.3 is 0 Å². The van der Waals surface area contributed by atoms with Gasteiger partial charge in [-0.15, -0.1) is 0 Å². The molecule has 0 radical (unpaired) electrons. The second-order valence-corrected chi connectivity index (χ2v) is 9.68. The molecule has 0 spiro atoms. The van der Waals surface area contributed by atoms with Crippen LogP contribution in [0.4, 0.5) is 11.4 Å². The maximum atomic E-state index is 12.6. The predicted molar refractivity (Wildman–Crippen MR) is 148 cm³/mol. The smallest absolute Gasteiger partial charge is 0.250 e. The van der Waals surface area contributed by atoms with E-state index in [1.807, 2.05) is 36.5 Å². The van der Waals surface area contributed by atoms with Gasteiger partial charge in [0.2, 0.25) is 11.4 Å².